The second kappa shape index (κ2) is 7.83. The molecule has 2 aromatic rings. The summed E-state index contributed by atoms with van der Waals surface area (Å²) < 4.78 is 0. The first-order valence-corrected chi connectivity index (χ1v) is 8.12. The van der Waals surface area contributed by atoms with Gasteiger partial charge in [0.2, 0.25) is 0 Å². The molecule has 1 fully saturated rings. The molecular formula is C18H22N4O. The van der Waals surface area contributed by atoms with Crippen molar-refractivity contribution in [2.24, 2.45) is 5.92 Å². The van der Waals surface area contributed by atoms with E-state index < -0.39 is 0 Å². The molecule has 3 rings (SSSR count). The standard InChI is InChI=1S/C18H22N4O/c23-18(17-13-19-8-9-20-17)21-12-15-6-10-22(11-7-15)14-16-4-2-1-3-5-16/h1-5,8-9,13,15H,6-7,10-12,14H2,(H,21,23). The third-order valence-electron chi connectivity index (χ3n) is 4.30. The molecular weight excluding hydrogens is 288 g/mol. The van der Waals surface area contributed by atoms with Gasteiger partial charge in [0.25, 0.3) is 5.91 Å². The fourth-order valence-electron chi connectivity index (χ4n) is 2.93. The Morgan fingerprint density at radius 3 is 2.65 bits per heavy atom. The normalized spacial score (nSPS) is 16.2. The van der Waals surface area contributed by atoms with Crippen LogP contribution in [0.5, 0.6) is 0 Å². The number of amides is 1. The van der Waals surface area contributed by atoms with E-state index in [0.717, 1.165) is 32.5 Å². The van der Waals surface area contributed by atoms with E-state index in [9.17, 15) is 4.79 Å². The van der Waals surface area contributed by atoms with Gasteiger partial charge in [0.1, 0.15) is 5.69 Å². The van der Waals surface area contributed by atoms with Gasteiger partial charge >= 0.3 is 0 Å². The van der Waals surface area contributed by atoms with Gasteiger partial charge in [-0.1, -0.05) is 30.3 Å². The van der Waals surface area contributed by atoms with E-state index >= 15 is 0 Å². The summed E-state index contributed by atoms with van der Waals surface area (Å²) in [6, 6.07) is 10.6. The van der Waals surface area contributed by atoms with Gasteiger partial charge in [0.05, 0.1) is 6.20 Å². The van der Waals surface area contributed by atoms with Gasteiger partial charge in [0.15, 0.2) is 0 Å². The molecule has 0 spiro atoms. The van der Waals surface area contributed by atoms with Crippen molar-refractivity contribution in [3.05, 3.63) is 60.2 Å². The van der Waals surface area contributed by atoms with Crippen LogP contribution >= 0.6 is 0 Å². The smallest absolute Gasteiger partial charge is 0.271 e. The van der Waals surface area contributed by atoms with Crippen molar-refractivity contribution in [2.45, 2.75) is 19.4 Å². The fraction of sp³-hybridized carbons (Fsp3) is 0.389. The highest BCUT2D eigenvalue weighted by atomic mass is 16.1. The van der Waals surface area contributed by atoms with Crippen molar-refractivity contribution in [3.63, 3.8) is 0 Å². The van der Waals surface area contributed by atoms with Crippen LogP contribution in [-0.4, -0.2) is 40.4 Å². The molecule has 5 heteroatoms. The molecule has 0 radical (unpaired) electrons. The van der Waals surface area contributed by atoms with E-state index in [0.29, 0.717) is 18.2 Å². The van der Waals surface area contributed by atoms with Crippen LogP contribution in [0.25, 0.3) is 0 Å². The Kier molecular flexibility index (Phi) is 5.32. The Hall–Kier alpha value is -2.27. The van der Waals surface area contributed by atoms with Crippen LogP contribution in [0.3, 0.4) is 0 Å². The number of nitrogens with one attached hydrogen (secondary N) is 1. The summed E-state index contributed by atoms with van der Waals surface area (Å²) in [6.07, 6.45) is 6.84. The minimum Gasteiger partial charge on any atom is -0.350 e. The number of hydrogen-bond acceptors (Lipinski definition) is 4. The lowest BCUT2D eigenvalue weighted by Gasteiger charge is -2.32. The number of benzene rings is 1. The number of likely N-dealkylation sites (tertiary alicyclic amines) is 1. The molecule has 1 amide bonds. The summed E-state index contributed by atoms with van der Waals surface area (Å²) in [5.74, 6) is 0.410. The molecule has 1 N–H and O–H groups in total. The number of piperidine rings is 1. The molecule has 0 unspecified atom stereocenters. The first kappa shape index (κ1) is 15.6. The molecule has 1 aliphatic heterocycles. The van der Waals surface area contributed by atoms with Crippen molar-refractivity contribution in [1.82, 2.24) is 20.2 Å². The molecule has 1 saturated heterocycles. The Bertz CT molecular complexity index is 609. The highest BCUT2D eigenvalue weighted by Gasteiger charge is 2.20. The second-order valence-electron chi connectivity index (χ2n) is 6.01. The van der Waals surface area contributed by atoms with Crippen LogP contribution in [0.15, 0.2) is 48.9 Å². The summed E-state index contributed by atoms with van der Waals surface area (Å²) in [7, 11) is 0. The monoisotopic (exact) mass is 310 g/mol. The third-order valence-corrected chi connectivity index (χ3v) is 4.30. The van der Waals surface area contributed by atoms with Crippen LogP contribution in [0.1, 0.15) is 28.9 Å². The Labute approximate surface area is 136 Å². The molecule has 0 saturated carbocycles. The number of carbonyl (C=O) groups is 1. The molecule has 1 aromatic carbocycles. The molecule has 120 valence electrons. The number of aromatic nitrogens is 2. The van der Waals surface area contributed by atoms with E-state index in [2.05, 4.69) is 50.5 Å². The van der Waals surface area contributed by atoms with E-state index in [1.54, 1.807) is 6.20 Å². The molecule has 5 nitrogen and oxygen atoms in total. The summed E-state index contributed by atoms with van der Waals surface area (Å²) >= 11 is 0. The predicted octanol–water partition coefficient (Wildman–Crippen LogP) is 2.12. The van der Waals surface area contributed by atoms with Crippen molar-refractivity contribution in [1.29, 1.82) is 0 Å². The van der Waals surface area contributed by atoms with Crippen LogP contribution in [-0.2, 0) is 6.54 Å². The quantitative estimate of drug-likeness (QED) is 0.919. The molecule has 1 aliphatic rings. The van der Waals surface area contributed by atoms with E-state index in [1.807, 2.05) is 0 Å². The van der Waals surface area contributed by atoms with Crippen LogP contribution in [0.4, 0.5) is 0 Å². The number of rotatable bonds is 5. The van der Waals surface area contributed by atoms with Crippen LogP contribution in [0.2, 0.25) is 0 Å². The third kappa shape index (κ3) is 4.60. The maximum atomic E-state index is 12.0. The van der Waals surface area contributed by atoms with Gasteiger partial charge in [-0.15, -0.1) is 0 Å². The highest BCUT2D eigenvalue weighted by molar-refractivity contribution is 5.91. The Morgan fingerprint density at radius 1 is 1.17 bits per heavy atom. The van der Waals surface area contributed by atoms with Crippen molar-refractivity contribution in [2.75, 3.05) is 19.6 Å². The van der Waals surface area contributed by atoms with Gasteiger partial charge in [-0.3, -0.25) is 14.7 Å². The first-order chi connectivity index (χ1) is 11.3. The number of nitrogens with zero attached hydrogens (tertiary/aromatic N) is 3. The lowest BCUT2D eigenvalue weighted by molar-refractivity contribution is 0.0930. The van der Waals surface area contributed by atoms with Crippen molar-refractivity contribution in [3.8, 4) is 0 Å². The average molecular weight is 310 g/mol. The molecule has 23 heavy (non-hydrogen) atoms. The minimum absolute atomic E-state index is 0.134. The SMILES string of the molecule is O=C(NCC1CCN(Cc2ccccc2)CC1)c1cnccn1. The van der Waals surface area contributed by atoms with Crippen LogP contribution in [0, 0.1) is 5.92 Å². The predicted molar refractivity (Wildman–Crippen MR) is 88.8 cm³/mol. The lowest BCUT2D eigenvalue weighted by Crippen LogP contribution is -2.38. The fourth-order valence-corrected chi connectivity index (χ4v) is 2.93. The van der Waals surface area contributed by atoms with Crippen LogP contribution < -0.4 is 5.32 Å². The van der Waals surface area contributed by atoms with Gasteiger partial charge in [0, 0.05) is 25.5 Å². The minimum atomic E-state index is -0.134. The molecule has 0 atom stereocenters. The Balaban J connectivity index is 1.40. The lowest BCUT2D eigenvalue weighted by atomic mass is 9.96. The summed E-state index contributed by atoms with van der Waals surface area (Å²) in [5, 5.41) is 2.97. The van der Waals surface area contributed by atoms with Crippen molar-refractivity contribution >= 4 is 5.91 Å². The highest BCUT2D eigenvalue weighted by Crippen LogP contribution is 2.18. The average Bonchev–Trinajstić information content (AvgIpc) is 2.62. The first-order valence-electron chi connectivity index (χ1n) is 8.12. The van der Waals surface area contributed by atoms with E-state index in [4.69, 9.17) is 0 Å². The van der Waals surface area contributed by atoms with Gasteiger partial charge < -0.3 is 5.32 Å². The summed E-state index contributed by atoms with van der Waals surface area (Å²) in [5.41, 5.74) is 1.75. The summed E-state index contributed by atoms with van der Waals surface area (Å²) in [6.45, 7) is 3.90. The zero-order valence-corrected chi connectivity index (χ0v) is 13.2. The number of carbonyl (C=O) groups excluding carboxylic acids is 1. The molecule has 0 aliphatic carbocycles. The molecule has 0 bridgehead atoms. The Morgan fingerprint density at radius 2 is 1.96 bits per heavy atom. The largest absolute Gasteiger partial charge is 0.350 e. The maximum Gasteiger partial charge on any atom is 0.271 e. The van der Waals surface area contributed by atoms with Gasteiger partial charge in [-0.05, 0) is 37.4 Å². The topological polar surface area (TPSA) is 58.1 Å². The van der Waals surface area contributed by atoms with Crippen molar-refractivity contribution < 1.29 is 4.79 Å². The second-order valence-corrected chi connectivity index (χ2v) is 6.01. The molecule has 2 heterocycles. The molecule has 1 aromatic heterocycles. The summed E-state index contributed by atoms with van der Waals surface area (Å²) in [4.78, 5) is 22.4. The van der Waals surface area contributed by atoms with Gasteiger partial charge in [-0.25, -0.2) is 4.98 Å². The number of hydrogen-bond donors (Lipinski definition) is 1. The maximum absolute atomic E-state index is 12.0. The van der Waals surface area contributed by atoms with E-state index in [1.165, 1.54) is 18.0 Å². The van der Waals surface area contributed by atoms with E-state index in [-0.39, 0.29) is 5.91 Å². The zero-order chi connectivity index (χ0) is 15.9. The van der Waals surface area contributed by atoms with Gasteiger partial charge in [-0.2, -0.15) is 0 Å². The zero-order valence-electron chi connectivity index (χ0n) is 13.2.